The Kier molecular flexibility index (Phi) is 4.74. The highest BCUT2D eigenvalue weighted by molar-refractivity contribution is 7.10. The van der Waals surface area contributed by atoms with Crippen LogP contribution in [0, 0.1) is 0 Å². The lowest BCUT2D eigenvalue weighted by atomic mass is 10.1. The minimum absolute atomic E-state index is 0.107. The molecule has 0 fully saturated rings. The number of aromatic nitrogens is 1. The van der Waals surface area contributed by atoms with Crippen molar-refractivity contribution in [1.82, 2.24) is 10.3 Å². The van der Waals surface area contributed by atoms with Crippen molar-refractivity contribution < 1.29 is 4.79 Å². The number of nitrogen functional groups attached to an aromatic ring is 1. The number of hydrogen-bond acceptors (Lipinski definition) is 4. The Balaban J connectivity index is 2.07. The largest absolute Gasteiger partial charge is 0.384 e. The van der Waals surface area contributed by atoms with Gasteiger partial charge >= 0.3 is 0 Å². The van der Waals surface area contributed by atoms with Gasteiger partial charge in [-0.2, -0.15) is 0 Å². The fourth-order valence-corrected chi connectivity index (χ4v) is 2.94. The second-order valence-corrected chi connectivity index (χ2v) is 5.53. The van der Waals surface area contributed by atoms with Crippen molar-refractivity contribution in [2.45, 2.75) is 33.2 Å². The number of carbonyl (C=O) groups excluding carboxylic acids is 1. The van der Waals surface area contributed by atoms with Crippen LogP contribution < -0.4 is 11.1 Å². The molecule has 2 heterocycles. The number of nitrogens with zero attached hydrogens (tertiary/aromatic N) is 1. The maximum absolute atomic E-state index is 12.2. The SMILES string of the molecule is CCc1cc(C(=O)NCc2sccc2CC)cc(N)n1. The van der Waals surface area contributed by atoms with Gasteiger partial charge in [0.2, 0.25) is 0 Å². The van der Waals surface area contributed by atoms with Gasteiger partial charge in [0.1, 0.15) is 5.82 Å². The van der Waals surface area contributed by atoms with Gasteiger partial charge in [-0.15, -0.1) is 11.3 Å². The van der Waals surface area contributed by atoms with Gasteiger partial charge in [0.25, 0.3) is 5.91 Å². The number of nitrogens with one attached hydrogen (secondary N) is 1. The third-order valence-corrected chi connectivity index (χ3v) is 4.11. The molecule has 0 aliphatic rings. The molecule has 2 aromatic heterocycles. The summed E-state index contributed by atoms with van der Waals surface area (Å²) in [7, 11) is 0. The summed E-state index contributed by atoms with van der Waals surface area (Å²) >= 11 is 1.67. The average Bonchev–Trinajstić information content (AvgIpc) is 2.91. The predicted octanol–water partition coefficient (Wildman–Crippen LogP) is 2.78. The first-order valence-corrected chi connectivity index (χ1v) is 7.61. The predicted molar refractivity (Wildman–Crippen MR) is 82.9 cm³/mol. The topological polar surface area (TPSA) is 68.0 Å². The van der Waals surface area contributed by atoms with E-state index >= 15 is 0 Å². The minimum Gasteiger partial charge on any atom is -0.384 e. The smallest absolute Gasteiger partial charge is 0.251 e. The molecule has 0 atom stereocenters. The Hall–Kier alpha value is -1.88. The van der Waals surface area contributed by atoms with Crippen LogP contribution in [0.25, 0.3) is 0 Å². The molecule has 0 aliphatic carbocycles. The number of anilines is 1. The summed E-state index contributed by atoms with van der Waals surface area (Å²) in [6.07, 6.45) is 1.74. The van der Waals surface area contributed by atoms with Gasteiger partial charge in [-0.25, -0.2) is 4.98 Å². The van der Waals surface area contributed by atoms with E-state index in [1.54, 1.807) is 23.5 Å². The first-order valence-electron chi connectivity index (χ1n) is 6.73. The van der Waals surface area contributed by atoms with Crippen LogP contribution in [-0.2, 0) is 19.4 Å². The van der Waals surface area contributed by atoms with Crippen molar-refractivity contribution >= 4 is 23.1 Å². The van der Waals surface area contributed by atoms with Crippen molar-refractivity contribution in [3.8, 4) is 0 Å². The minimum atomic E-state index is -0.107. The molecule has 0 aromatic carbocycles. The van der Waals surface area contributed by atoms with Crippen LogP contribution in [0.5, 0.6) is 0 Å². The zero-order chi connectivity index (χ0) is 14.5. The van der Waals surface area contributed by atoms with E-state index in [0.29, 0.717) is 17.9 Å². The van der Waals surface area contributed by atoms with Crippen LogP contribution in [0.15, 0.2) is 23.6 Å². The molecule has 0 unspecified atom stereocenters. The zero-order valence-corrected chi connectivity index (χ0v) is 12.6. The Morgan fingerprint density at radius 2 is 2.15 bits per heavy atom. The van der Waals surface area contributed by atoms with E-state index in [2.05, 4.69) is 28.7 Å². The average molecular weight is 289 g/mol. The summed E-state index contributed by atoms with van der Waals surface area (Å²) in [6.45, 7) is 4.66. The third kappa shape index (κ3) is 3.36. The number of rotatable bonds is 5. The lowest BCUT2D eigenvalue weighted by Gasteiger charge is -2.07. The van der Waals surface area contributed by atoms with Gasteiger partial charge in [0.05, 0.1) is 6.54 Å². The van der Waals surface area contributed by atoms with E-state index in [9.17, 15) is 4.79 Å². The second-order valence-electron chi connectivity index (χ2n) is 4.53. The van der Waals surface area contributed by atoms with Crippen molar-refractivity contribution in [3.63, 3.8) is 0 Å². The molecule has 0 bridgehead atoms. The highest BCUT2D eigenvalue weighted by Crippen LogP contribution is 2.17. The number of nitrogens with two attached hydrogens (primary N) is 1. The number of hydrogen-bond donors (Lipinski definition) is 2. The molecule has 1 amide bonds. The molecule has 5 heteroatoms. The number of thiophene rings is 1. The van der Waals surface area contributed by atoms with Gasteiger partial charge < -0.3 is 11.1 Å². The Bertz CT molecular complexity index is 607. The van der Waals surface area contributed by atoms with Crippen molar-refractivity contribution in [1.29, 1.82) is 0 Å². The van der Waals surface area contributed by atoms with Crippen molar-refractivity contribution in [3.05, 3.63) is 45.3 Å². The fourth-order valence-electron chi connectivity index (χ4n) is 2.02. The lowest BCUT2D eigenvalue weighted by Crippen LogP contribution is -2.23. The number of amides is 1. The van der Waals surface area contributed by atoms with Crippen LogP contribution in [0.4, 0.5) is 5.82 Å². The third-order valence-electron chi connectivity index (χ3n) is 3.15. The fraction of sp³-hybridized carbons (Fsp3) is 0.333. The molecule has 106 valence electrons. The molecule has 3 N–H and O–H groups in total. The highest BCUT2D eigenvalue weighted by atomic mass is 32.1. The molecule has 0 aliphatic heterocycles. The van der Waals surface area contributed by atoms with E-state index in [1.807, 2.05) is 6.92 Å². The van der Waals surface area contributed by atoms with Crippen LogP contribution in [0.3, 0.4) is 0 Å². The van der Waals surface area contributed by atoms with Crippen LogP contribution in [-0.4, -0.2) is 10.9 Å². The van der Waals surface area contributed by atoms with Gasteiger partial charge in [-0.3, -0.25) is 4.79 Å². The van der Waals surface area contributed by atoms with Gasteiger partial charge in [-0.05, 0) is 42.0 Å². The maximum Gasteiger partial charge on any atom is 0.251 e. The van der Waals surface area contributed by atoms with Crippen LogP contribution >= 0.6 is 11.3 Å². The first kappa shape index (κ1) is 14.5. The quantitative estimate of drug-likeness (QED) is 0.889. The molecule has 0 spiro atoms. The molecule has 20 heavy (non-hydrogen) atoms. The summed E-state index contributed by atoms with van der Waals surface area (Å²) in [5, 5.41) is 5.00. The lowest BCUT2D eigenvalue weighted by molar-refractivity contribution is 0.0951. The van der Waals surface area contributed by atoms with Crippen LogP contribution in [0.1, 0.15) is 40.3 Å². The van der Waals surface area contributed by atoms with E-state index < -0.39 is 0 Å². The number of aryl methyl sites for hydroxylation is 2. The zero-order valence-electron chi connectivity index (χ0n) is 11.8. The molecular weight excluding hydrogens is 270 g/mol. The Labute approximate surface area is 123 Å². The van der Waals surface area contributed by atoms with Crippen molar-refractivity contribution in [2.24, 2.45) is 0 Å². The highest BCUT2D eigenvalue weighted by Gasteiger charge is 2.10. The van der Waals surface area contributed by atoms with Gasteiger partial charge in [0.15, 0.2) is 0 Å². The van der Waals surface area contributed by atoms with E-state index in [-0.39, 0.29) is 5.91 Å². The maximum atomic E-state index is 12.2. The van der Waals surface area contributed by atoms with E-state index in [0.717, 1.165) is 18.5 Å². The van der Waals surface area contributed by atoms with Gasteiger partial charge in [-0.1, -0.05) is 13.8 Å². The first-order chi connectivity index (χ1) is 9.63. The summed E-state index contributed by atoms with van der Waals surface area (Å²) in [5.74, 6) is 0.282. The summed E-state index contributed by atoms with van der Waals surface area (Å²) in [6, 6.07) is 5.51. The molecule has 0 radical (unpaired) electrons. The monoisotopic (exact) mass is 289 g/mol. The van der Waals surface area contributed by atoms with Crippen LogP contribution in [0.2, 0.25) is 0 Å². The van der Waals surface area contributed by atoms with E-state index in [1.165, 1.54) is 10.4 Å². The molecule has 0 saturated heterocycles. The molecule has 2 rings (SSSR count). The number of pyridine rings is 1. The summed E-state index contributed by atoms with van der Waals surface area (Å²) < 4.78 is 0. The molecular formula is C15H19N3OS. The van der Waals surface area contributed by atoms with Gasteiger partial charge in [0, 0.05) is 16.1 Å². The second kappa shape index (κ2) is 6.52. The Morgan fingerprint density at radius 3 is 2.85 bits per heavy atom. The van der Waals surface area contributed by atoms with E-state index in [4.69, 9.17) is 5.73 Å². The standard InChI is InChI=1S/C15H19N3OS/c1-3-10-5-6-20-13(10)9-17-15(19)11-7-12(4-2)18-14(16)8-11/h5-8H,3-4,9H2,1-2H3,(H2,16,18)(H,17,19). The summed E-state index contributed by atoms with van der Waals surface area (Å²) in [5.41, 5.74) is 8.42. The van der Waals surface area contributed by atoms with Crippen molar-refractivity contribution in [2.75, 3.05) is 5.73 Å². The molecule has 2 aromatic rings. The Morgan fingerprint density at radius 1 is 1.35 bits per heavy atom. The number of carbonyl (C=O) groups is 1. The molecule has 0 saturated carbocycles. The summed E-state index contributed by atoms with van der Waals surface area (Å²) in [4.78, 5) is 17.5. The normalized spacial score (nSPS) is 10.5. The molecule has 4 nitrogen and oxygen atoms in total.